The molecule has 0 radical (unpaired) electrons. The van der Waals surface area contributed by atoms with Gasteiger partial charge in [0.1, 0.15) is 0 Å². The fourth-order valence-electron chi connectivity index (χ4n) is 3.37. The fraction of sp³-hybridized carbons (Fsp3) is 0.571. The minimum absolute atomic E-state index is 0.205. The molecule has 0 fully saturated rings. The van der Waals surface area contributed by atoms with Crippen LogP contribution in [0.2, 0.25) is 0 Å². The van der Waals surface area contributed by atoms with Gasteiger partial charge in [0.25, 0.3) is 0 Å². The van der Waals surface area contributed by atoms with Crippen molar-refractivity contribution in [1.82, 2.24) is 0 Å². The maximum Gasteiger partial charge on any atom is 0.0180 e. The first-order valence-corrected chi connectivity index (χ1v) is 5.97. The lowest BCUT2D eigenvalue weighted by atomic mass is 9.68. The van der Waals surface area contributed by atoms with Gasteiger partial charge in [0.05, 0.1) is 0 Å². The number of nitrogens with two attached hydrogens (primary N) is 1. The average molecular weight is 203 g/mol. The van der Waals surface area contributed by atoms with E-state index in [0.717, 1.165) is 12.8 Å². The number of fused-ring (bicyclic) bond motifs is 1. The summed E-state index contributed by atoms with van der Waals surface area (Å²) in [5.74, 6) is 0.612. The second-order valence-corrected chi connectivity index (χ2v) is 5.02. The largest absolute Gasteiger partial charge is 0.327 e. The first kappa shape index (κ1) is 10.7. The Bertz CT molecular complexity index is 356. The predicted octanol–water partition coefficient (Wildman–Crippen LogP) is 2.87. The molecule has 0 saturated heterocycles. The van der Waals surface area contributed by atoms with Crippen LogP contribution in [0.25, 0.3) is 0 Å². The van der Waals surface area contributed by atoms with E-state index in [1.165, 1.54) is 11.1 Å². The monoisotopic (exact) mass is 203 g/mol. The molecule has 0 spiro atoms. The van der Waals surface area contributed by atoms with Crippen LogP contribution < -0.4 is 5.73 Å². The first-order valence-electron chi connectivity index (χ1n) is 5.97. The minimum atomic E-state index is 0.205. The third kappa shape index (κ3) is 1.33. The van der Waals surface area contributed by atoms with Gasteiger partial charge in [-0.05, 0) is 29.9 Å². The zero-order chi connectivity index (χ0) is 11.1. The zero-order valence-electron chi connectivity index (χ0n) is 9.96. The van der Waals surface area contributed by atoms with Gasteiger partial charge in [-0.2, -0.15) is 0 Å². The molecule has 1 aromatic rings. The summed E-state index contributed by atoms with van der Waals surface area (Å²) in [5.41, 5.74) is 9.53. The Morgan fingerprint density at radius 3 is 2.67 bits per heavy atom. The first-order chi connectivity index (χ1) is 7.13. The van der Waals surface area contributed by atoms with Crippen molar-refractivity contribution in [3.63, 3.8) is 0 Å². The van der Waals surface area contributed by atoms with E-state index in [4.69, 9.17) is 5.73 Å². The van der Waals surface area contributed by atoms with Gasteiger partial charge < -0.3 is 5.73 Å². The Balaban J connectivity index is 2.57. The smallest absolute Gasteiger partial charge is 0.0180 e. The van der Waals surface area contributed by atoms with Crippen LogP contribution in [0.15, 0.2) is 24.3 Å². The predicted molar refractivity (Wildman–Crippen MR) is 64.9 cm³/mol. The normalized spacial score (nSPS) is 29.5. The molecule has 1 aromatic carbocycles. The Kier molecular flexibility index (Phi) is 2.59. The molecular weight excluding hydrogens is 182 g/mol. The Hall–Kier alpha value is -0.820. The molecule has 0 bridgehead atoms. The van der Waals surface area contributed by atoms with E-state index in [0.29, 0.717) is 12.0 Å². The average Bonchev–Trinajstić information content (AvgIpc) is 2.50. The highest BCUT2D eigenvalue weighted by Crippen LogP contribution is 2.45. The highest BCUT2D eigenvalue weighted by atomic mass is 14.7. The van der Waals surface area contributed by atoms with Crippen LogP contribution in [0.3, 0.4) is 0 Å². The van der Waals surface area contributed by atoms with Crippen LogP contribution in [-0.2, 0) is 11.8 Å². The molecule has 0 heterocycles. The van der Waals surface area contributed by atoms with Gasteiger partial charge in [-0.1, -0.05) is 45.0 Å². The van der Waals surface area contributed by atoms with E-state index in [-0.39, 0.29) is 5.41 Å². The van der Waals surface area contributed by atoms with E-state index in [1.807, 2.05) is 0 Å². The van der Waals surface area contributed by atoms with Crippen molar-refractivity contribution >= 4 is 0 Å². The zero-order valence-corrected chi connectivity index (χ0v) is 9.96. The maximum absolute atomic E-state index is 6.38. The topological polar surface area (TPSA) is 26.0 Å². The van der Waals surface area contributed by atoms with E-state index < -0.39 is 0 Å². The summed E-state index contributed by atoms with van der Waals surface area (Å²) in [4.78, 5) is 0. The van der Waals surface area contributed by atoms with Gasteiger partial charge in [0, 0.05) is 11.5 Å². The van der Waals surface area contributed by atoms with Crippen molar-refractivity contribution in [2.75, 3.05) is 0 Å². The summed E-state index contributed by atoms with van der Waals surface area (Å²) in [6, 6.07) is 9.06. The van der Waals surface area contributed by atoms with Crippen LogP contribution >= 0.6 is 0 Å². The molecule has 1 unspecified atom stereocenters. The van der Waals surface area contributed by atoms with Gasteiger partial charge in [0.15, 0.2) is 0 Å². The Morgan fingerprint density at radius 1 is 1.40 bits per heavy atom. The van der Waals surface area contributed by atoms with E-state index in [2.05, 4.69) is 45.0 Å². The van der Waals surface area contributed by atoms with Crippen LogP contribution in [0.1, 0.15) is 38.3 Å². The molecule has 2 atom stereocenters. The van der Waals surface area contributed by atoms with E-state index in [9.17, 15) is 0 Å². The van der Waals surface area contributed by atoms with Gasteiger partial charge in [-0.25, -0.2) is 0 Å². The van der Waals surface area contributed by atoms with Crippen molar-refractivity contribution in [2.24, 2.45) is 11.7 Å². The van der Waals surface area contributed by atoms with Crippen molar-refractivity contribution in [1.29, 1.82) is 0 Å². The van der Waals surface area contributed by atoms with Crippen molar-refractivity contribution in [3.8, 4) is 0 Å². The summed E-state index contributed by atoms with van der Waals surface area (Å²) >= 11 is 0. The third-order valence-corrected chi connectivity index (χ3v) is 4.24. The molecule has 0 amide bonds. The summed E-state index contributed by atoms with van der Waals surface area (Å²) < 4.78 is 0. The number of hydrogen-bond donors (Lipinski definition) is 1. The molecule has 82 valence electrons. The molecule has 1 nitrogen and oxygen atoms in total. The van der Waals surface area contributed by atoms with Crippen molar-refractivity contribution < 1.29 is 0 Å². The molecule has 0 aliphatic heterocycles. The molecule has 0 saturated carbocycles. The van der Waals surface area contributed by atoms with Gasteiger partial charge >= 0.3 is 0 Å². The molecular formula is C14H21N. The lowest BCUT2D eigenvalue weighted by molar-refractivity contribution is 0.258. The highest BCUT2D eigenvalue weighted by molar-refractivity contribution is 5.42. The summed E-state index contributed by atoms with van der Waals surface area (Å²) in [5, 5.41) is 0. The summed E-state index contributed by atoms with van der Waals surface area (Å²) in [6.07, 6.45) is 2.19. The van der Waals surface area contributed by atoms with Crippen molar-refractivity contribution in [2.45, 2.75) is 45.1 Å². The quantitative estimate of drug-likeness (QED) is 0.786. The minimum Gasteiger partial charge on any atom is -0.327 e. The van der Waals surface area contributed by atoms with Crippen LogP contribution in [0.4, 0.5) is 0 Å². The Morgan fingerprint density at radius 2 is 2.07 bits per heavy atom. The molecule has 2 N–H and O–H groups in total. The van der Waals surface area contributed by atoms with Crippen LogP contribution in [0, 0.1) is 5.92 Å². The molecule has 1 aliphatic rings. The Labute approximate surface area is 92.7 Å². The van der Waals surface area contributed by atoms with Crippen molar-refractivity contribution in [3.05, 3.63) is 35.4 Å². The second-order valence-electron chi connectivity index (χ2n) is 5.02. The molecule has 2 rings (SSSR count). The standard InChI is InChI=1S/C14H21N/c1-4-14(10(2)3)12-8-6-5-7-11(12)9-13(14)15/h5-8,10,13H,4,9,15H2,1-3H3/t13-,14?/m1/s1. The van der Waals surface area contributed by atoms with Crippen LogP contribution in [0.5, 0.6) is 0 Å². The highest BCUT2D eigenvalue weighted by Gasteiger charge is 2.45. The number of rotatable bonds is 2. The maximum atomic E-state index is 6.38. The molecule has 1 heteroatoms. The number of hydrogen-bond acceptors (Lipinski definition) is 1. The van der Waals surface area contributed by atoms with Crippen LogP contribution in [-0.4, -0.2) is 6.04 Å². The van der Waals surface area contributed by atoms with Gasteiger partial charge in [-0.15, -0.1) is 0 Å². The lowest BCUT2D eigenvalue weighted by Crippen LogP contribution is -2.45. The third-order valence-electron chi connectivity index (χ3n) is 4.24. The summed E-state index contributed by atoms with van der Waals surface area (Å²) in [6.45, 7) is 6.86. The molecule has 0 aromatic heterocycles. The fourth-order valence-corrected chi connectivity index (χ4v) is 3.37. The van der Waals surface area contributed by atoms with Gasteiger partial charge in [0.2, 0.25) is 0 Å². The summed E-state index contributed by atoms with van der Waals surface area (Å²) in [7, 11) is 0. The molecule has 15 heavy (non-hydrogen) atoms. The number of benzene rings is 1. The lowest BCUT2D eigenvalue weighted by Gasteiger charge is -2.38. The second kappa shape index (κ2) is 3.64. The SMILES string of the molecule is CCC1(C(C)C)c2ccccc2C[C@H]1N. The van der Waals surface area contributed by atoms with E-state index >= 15 is 0 Å². The molecule has 1 aliphatic carbocycles. The van der Waals surface area contributed by atoms with E-state index in [1.54, 1.807) is 0 Å². The van der Waals surface area contributed by atoms with Gasteiger partial charge in [-0.3, -0.25) is 0 Å².